The molecule has 0 aliphatic carbocycles. The van der Waals surface area contributed by atoms with Crippen molar-refractivity contribution in [3.63, 3.8) is 0 Å². The zero-order chi connectivity index (χ0) is 21.4. The van der Waals surface area contributed by atoms with Crippen molar-refractivity contribution < 1.29 is 32.6 Å². The van der Waals surface area contributed by atoms with Gasteiger partial charge in [-0.15, -0.1) is 0 Å². The number of fused-ring (bicyclic) bond motifs is 1. The zero-order valence-corrected chi connectivity index (χ0v) is 16.2. The number of anilines is 1. The highest BCUT2D eigenvalue weighted by Crippen LogP contribution is 2.39. The molecule has 2 aliphatic heterocycles. The molecule has 0 saturated carbocycles. The van der Waals surface area contributed by atoms with Crippen LogP contribution in [-0.4, -0.2) is 25.4 Å². The van der Waals surface area contributed by atoms with Crippen LogP contribution in [0.2, 0.25) is 0 Å². The number of esters is 1. The van der Waals surface area contributed by atoms with E-state index in [0.717, 1.165) is 6.07 Å². The van der Waals surface area contributed by atoms with Gasteiger partial charge in [0.1, 0.15) is 11.6 Å². The molecule has 0 fully saturated rings. The lowest BCUT2D eigenvalue weighted by atomic mass is 9.94. The van der Waals surface area contributed by atoms with E-state index in [4.69, 9.17) is 14.2 Å². The minimum Gasteiger partial charge on any atom is -0.463 e. The third-order valence-corrected chi connectivity index (χ3v) is 4.87. The number of hydrogen-bond donors (Lipinski definition) is 1. The molecule has 2 aromatic carbocycles. The fourth-order valence-corrected chi connectivity index (χ4v) is 3.52. The van der Waals surface area contributed by atoms with Gasteiger partial charge in [0.05, 0.1) is 23.9 Å². The van der Waals surface area contributed by atoms with Gasteiger partial charge in [-0.2, -0.15) is 0 Å². The van der Waals surface area contributed by atoms with Gasteiger partial charge in [-0.3, -0.25) is 4.90 Å². The number of hydrogen-bond acceptors (Lipinski definition) is 5. The largest absolute Gasteiger partial charge is 0.463 e. The molecule has 0 unspecified atom stereocenters. The van der Waals surface area contributed by atoms with Crippen molar-refractivity contribution in [3.8, 4) is 11.5 Å². The number of benzene rings is 2. The van der Waals surface area contributed by atoms with Crippen molar-refractivity contribution >= 4 is 17.7 Å². The second kappa shape index (κ2) is 7.66. The molecular weight excluding hydrogens is 398 g/mol. The van der Waals surface area contributed by atoms with Crippen LogP contribution in [0.15, 0.2) is 47.7 Å². The molecule has 0 radical (unpaired) electrons. The van der Waals surface area contributed by atoms with Crippen LogP contribution in [0.5, 0.6) is 11.5 Å². The fourth-order valence-electron chi connectivity index (χ4n) is 3.52. The van der Waals surface area contributed by atoms with Crippen molar-refractivity contribution in [2.75, 3.05) is 18.3 Å². The average Bonchev–Trinajstić information content (AvgIpc) is 3.15. The normalized spacial score (nSPS) is 17.8. The van der Waals surface area contributed by atoms with E-state index in [1.54, 1.807) is 32.0 Å². The Morgan fingerprint density at radius 2 is 1.97 bits per heavy atom. The molecule has 7 nitrogen and oxygen atoms in total. The Morgan fingerprint density at radius 1 is 1.20 bits per heavy atom. The highest BCUT2D eigenvalue weighted by Gasteiger charge is 2.38. The topological polar surface area (TPSA) is 77.1 Å². The number of allylic oxidation sites excluding steroid dienone is 1. The lowest BCUT2D eigenvalue weighted by Gasteiger charge is -2.35. The van der Waals surface area contributed by atoms with Crippen molar-refractivity contribution in [2.24, 2.45) is 0 Å². The van der Waals surface area contributed by atoms with Crippen LogP contribution in [0.3, 0.4) is 0 Å². The third-order valence-electron chi connectivity index (χ3n) is 4.87. The molecule has 0 bridgehead atoms. The summed E-state index contributed by atoms with van der Waals surface area (Å²) in [5, 5.41) is 2.62. The number of ether oxygens (including phenoxy) is 3. The molecule has 1 N–H and O–H groups in total. The quantitative estimate of drug-likeness (QED) is 0.768. The summed E-state index contributed by atoms with van der Waals surface area (Å²) in [6.45, 7) is 3.36. The first-order chi connectivity index (χ1) is 14.4. The van der Waals surface area contributed by atoms with Crippen molar-refractivity contribution in [1.29, 1.82) is 0 Å². The monoisotopic (exact) mass is 416 g/mol. The summed E-state index contributed by atoms with van der Waals surface area (Å²) in [7, 11) is 0. The second-order valence-corrected chi connectivity index (χ2v) is 6.64. The molecule has 0 saturated heterocycles. The number of nitrogens with one attached hydrogen (secondary N) is 1. The maximum Gasteiger partial charge on any atom is 0.338 e. The van der Waals surface area contributed by atoms with E-state index in [1.165, 1.54) is 11.0 Å². The molecule has 2 heterocycles. The van der Waals surface area contributed by atoms with Crippen LogP contribution >= 0.6 is 0 Å². The van der Waals surface area contributed by atoms with Crippen LogP contribution in [0.1, 0.15) is 25.5 Å². The van der Waals surface area contributed by atoms with E-state index in [1.807, 2.05) is 0 Å². The van der Waals surface area contributed by atoms with Crippen LogP contribution in [0.25, 0.3) is 0 Å². The zero-order valence-electron chi connectivity index (χ0n) is 16.2. The smallest absolute Gasteiger partial charge is 0.338 e. The van der Waals surface area contributed by atoms with Crippen molar-refractivity contribution in [2.45, 2.75) is 19.9 Å². The summed E-state index contributed by atoms with van der Waals surface area (Å²) >= 11 is 0. The highest BCUT2D eigenvalue weighted by molar-refractivity contribution is 6.03. The van der Waals surface area contributed by atoms with Gasteiger partial charge in [0.15, 0.2) is 11.5 Å². The number of halogens is 2. The molecular formula is C21H18F2N2O5. The lowest BCUT2D eigenvalue weighted by molar-refractivity contribution is -0.139. The van der Waals surface area contributed by atoms with E-state index >= 15 is 0 Å². The molecule has 2 aliphatic rings. The number of amides is 2. The van der Waals surface area contributed by atoms with E-state index < -0.39 is 29.7 Å². The standard InChI is InChI=1S/C21H18F2N2O5/c1-3-28-20(26)18-11(2)25(13-5-7-16-17(9-13)30-10-29-16)21(27)24-19(18)14-6-4-12(22)8-15(14)23/h4-9,19H,3,10H2,1-2H3,(H,24,27)/t19-/m1/s1. The molecule has 1 atom stereocenters. The molecule has 0 spiro atoms. The molecule has 30 heavy (non-hydrogen) atoms. The first-order valence-electron chi connectivity index (χ1n) is 9.23. The third kappa shape index (κ3) is 3.32. The Bertz CT molecular complexity index is 1070. The minimum absolute atomic E-state index is 0.0413. The SMILES string of the molecule is CCOC(=O)C1=C(C)N(c2ccc3c(c2)OCO3)C(=O)N[C@@H]1c1ccc(F)cc1F. The van der Waals surface area contributed by atoms with E-state index in [2.05, 4.69) is 5.32 Å². The summed E-state index contributed by atoms with van der Waals surface area (Å²) in [4.78, 5) is 27.0. The Balaban J connectivity index is 1.83. The molecule has 0 aromatic heterocycles. The Kier molecular flexibility index (Phi) is 5.03. The molecule has 156 valence electrons. The first-order valence-corrected chi connectivity index (χ1v) is 9.23. The van der Waals surface area contributed by atoms with Crippen LogP contribution in [0, 0.1) is 11.6 Å². The van der Waals surface area contributed by atoms with Gasteiger partial charge >= 0.3 is 12.0 Å². The fraction of sp³-hybridized carbons (Fsp3) is 0.238. The number of carbonyl (C=O) groups is 2. The van der Waals surface area contributed by atoms with Crippen molar-refractivity contribution in [3.05, 3.63) is 64.9 Å². The number of urea groups is 1. The highest BCUT2D eigenvalue weighted by atomic mass is 19.1. The van der Waals surface area contributed by atoms with Crippen LogP contribution in [-0.2, 0) is 9.53 Å². The minimum atomic E-state index is -1.14. The van der Waals surface area contributed by atoms with Gasteiger partial charge in [-0.05, 0) is 32.0 Å². The summed E-state index contributed by atoms with van der Waals surface area (Å²) in [5.74, 6) is -1.37. The van der Waals surface area contributed by atoms with Gasteiger partial charge in [-0.25, -0.2) is 18.4 Å². The first kappa shape index (κ1) is 19.7. The van der Waals surface area contributed by atoms with Gasteiger partial charge in [0.25, 0.3) is 0 Å². The van der Waals surface area contributed by atoms with E-state index in [0.29, 0.717) is 23.3 Å². The van der Waals surface area contributed by atoms with Crippen LogP contribution < -0.4 is 19.7 Å². The average molecular weight is 416 g/mol. The molecule has 4 rings (SSSR count). The summed E-state index contributed by atoms with van der Waals surface area (Å²) in [6.07, 6.45) is 0. The second-order valence-electron chi connectivity index (χ2n) is 6.64. The Labute approximate surface area is 170 Å². The maximum atomic E-state index is 14.5. The number of carbonyl (C=O) groups excluding carboxylic acids is 2. The number of rotatable bonds is 4. The summed E-state index contributed by atoms with van der Waals surface area (Å²) < 4.78 is 43.6. The lowest BCUT2D eigenvalue weighted by Crippen LogP contribution is -2.48. The molecule has 9 heteroatoms. The Hall–Kier alpha value is -3.62. The van der Waals surface area contributed by atoms with Gasteiger partial charge in [-0.1, -0.05) is 6.07 Å². The van der Waals surface area contributed by atoms with E-state index in [9.17, 15) is 18.4 Å². The molecule has 2 amide bonds. The predicted molar refractivity (Wildman–Crippen MR) is 102 cm³/mol. The van der Waals surface area contributed by atoms with Gasteiger partial charge < -0.3 is 19.5 Å². The van der Waals surface area contributed by atoms with Gasteiger partial charge in [0, 0.05) is 23.4 Å². The predicted octanol–water partition coefficient (Wildman–Crippen LogP) is 3.80. The Morgan fingerprint density at radius 3 is 2.70 bits per heavy atom. The van der Waals surface area contributed by atoms with Gasteiger partial charge in [0.2, 0.25) is 6.79 Å². The number of nitrogens with zero attached hydrogens (tertiary/aromatic N) is 1. The van der Waals surface area contributed by atoms with Crippen molar-refractivity contribution in [1.82, 2.24) is 5.32 Å². The maximum absolute atomic E-state index is 14.5. The van der Waals surface area contributed by atoms with Crippen LogP contribution in [0.4, 0.5) is 19.3 Å². The molecule has 2 aromatic rings. The summed E-state index contributed by atoms with van der Waals surface area (Å²) in [5.41, 5.74) is 0.677. The summed E-state index contributed by atoms with van der Waals surface area (Å²) in [6, 6.07) is 6.12. The van der Waals surface area contributed by atoms with E-state index in [-0.39, 0.29) is 30.2 Å².